The molecule has 1 aliphatic heterocycles. The van der Waals surface area contributed by atoms with E-state index in [4.69, 9.17) is 9.05 Å². The third-order valence-electron chi connectivity index (χ3n) is 3.78. The summed E-state index contributed by atoms with van der Waals surface area (Å²) < 4.78 is 29.0. The van der Waals surface area contributed by atoms with E-state index in [0.29, 0.717) is 5.56 Å². The first-order valence-electron chi connectivity index (χ1n) is 7.50. The van der Waals surface area contributed by atoms with Crippen LogP contribution in [-0.4, -0.2) is 31.2 Å². The second-order valence-corrected chi connectivity index (χ2v) is 8.63. The fraction of sp³-hybridized carbons (Fsp3) is 0.438. The lowest BCUT2D eigenvalue weighted by Crippen LogP contribution is -2.31. The summed E-state index contributed by atoms with van der Waals surface area (Å²) in [6, 6.07) is 5.33. The maximum absolute atomic E-state index is 13.3. The molecule has 1 aromatic rings. The number of rotatable bonds is 5. The predicted octanol–water partition coefficient (Wildman–Crippen LogP) is 3.63. The first kappa shape index (κ1) is 19.3. The van der Waals surface area contributed by atoms with Crippen LogP contribution in [0.3, 0.4) is 0 Å². The molecule has 1 atom stereocenters. The highest BCUT2D eigenvalue weighted by atomic mass is 31.2. The Balaban J connectivity index is 2.43. The molecule has 1 aromatic carbocycles. The molecule has 25 heavy (non-hydrogen) atoms. The number of hydrogen-bond acceptors (Lipinski definition) is 7. The standard InChI is InChI=1S/C16H20NO7P/c1-11(15(18)22-4)14(12-5-7-13(8-6-12)17(19)20)25(21)23-9-16(2,3)10-24-25/h5-8,14H,1,9-10H2,2-4H3. The summed E-state index contributed by atoms with van der Waals surface area (Å²) in [6.07, 6.45) is 0. The van der Waals surface area contributed by atoms with Gasteiger partial charge in [-0.2, -0.15) is 0 Å². The largest absolute Gasteiger partial charge is 0.466 e. The topological polar surface area (TPSA) is 105 Å². The van der Waals surface area contributed by atoms with Crippen LogP contribution < -0.4 is 0 Å². The maximum Gasteiger partial charge on any atom is 0.342 e. The van der Waals surface area contributed by atoms with E-state index in [9.17, 15) is 19.5 Å². The lowest BCUT2D eigenvalue weighted by atomic mass is 9.97. The molecule has 0 aliphatic carbocycles. The van der Waals surface area contributed by atoms with E-state index >= 15 is 0 Å². The molecule has 0 amide bonds. The van der Waals surface area contributed by atoms with Crippen molar-refractivity contribution in [1.29, 1.82) is 0 Å². The number of non-ortho nitro benzene ring substituents is 1. The minimum atomic E-state index is -3.76. The van der Waals surface area contributed by atoms with Gasteiger partial charge in [-0.3, -0.25) is 14.7 Å². The molecule has 1 unspecified atom stereocenters. The number of nitro groups is 1. The van der Waals surface area contributed by atoms with Crippen LogP contribution in [-0.2, 0) is 23.1 Å². The van der Waals surface area contributed by atoms with Crippen LogP contribution in [0.15, 0.2) is 36.4 Å². The summed E-state index contributed by atoms with van der Waals surface area (Å²) in [7, 11) is -2.58. The summed E-state index contributed by atoms with van der Waals surface area (Å²) in [4.78, 5) is 22.2. The summed E-state index contributed by atoms with van der Waals surface area (Å²) in [5.41, 5.74) is -1.28. The Morgan fingerprint density at radius 2 is 1.84 bits per heavy atom. The monoisotopic (exact) mass is 369 g/mol. The molecule has 136 valence electrons. The number of carbonyl (C=O) groups excluding carboxylic acids is 1. The van der Waals surface area contributed by atoms with Gasteiger partial charge in [-0.05, 0) is 5.56 Å². The second-order valence-electron chi connectivity index (χ2n) is 6.52. The van der Waals surface area contributed by atoms with Crippen LogP contribution in [0, 0.1) is 15.5 Å². The van der Waals surface area contributed by atoms with Crippen LogP contribution in [0.2, 0.25) is 0 Å². The number of esters is 1. The van der Waals surface area contributed by atoms with Crippen molar-refractivity contribution in [1.82, 2.24) is 0 Å². The van der Waals surface area contributed by atoms with Crippen LogP contribution in [0.1, 0.15) is 25.1 Å². The Bertz CT molecular complexity index is 727. The Morgan fingerprint density at radius 3 is 2.28 bits per heavy atom. The van der Waals surface area contributed by atoms with Gasteiger partial charge in [0, 0.05) is 23.1 Å². The third kappa shape index (κ3) is 4.15. The van der Waals surface area contributed by atoms with E-state index in [0.717, 1.165) is 0 Å². The highest BCUT2D eigenvalue weighted by Crippen LogP contribution is 2.66. The zero-order chi connectivity index (χ0) is 18.8. The van der Waals surface area contributed by atoms with Gasteiger partial charge in [-0.15, -0.1) is 0 Å². The zero-order valence-corrected chi connectivity index (χ0v) is 15.2. The van der Waals surface area contributed by atoms with Gasteiger partial charge in [-0.25, -0.2) is 4.79 Å². The molecule has 0 saturated carbocycles. The van der Waals surface area contributed by atoms with E-state index in [1.54, 1.807) is 0 Å². The molecule has 8 nitrogen and oxygen atoms in total. The molecular formula is C16H20NO7P. The molecule has 1 heterocycles. The van der Waals surface area contributed by atoms with Gasteiger partial charge in [0.2, 0.25) is 0 Å². The quantitative estimate of drug-likeness (QED) is 0.256. The fourth-order valence-corrected chi connectivity index (χ4v) is 4.81. The number of benzene rings is 1. The van der Waals surface area contributed by atoms with E-state index in [1.165, 1.54) is 31.4 Å². The van der Waals surface area contributed by atoms with Crippen molar-refractivity contribution in [3.63, 3.8) is 0 Å². The predicted molar refractivity (Wildman–Crippen MR) is 90.3 cm³/mol. The summed E-state index contributed by atoms with van der Waals surface area (Å²) in [5, 5.41) is 10.8. The summed E-state index contributed by atoms with van der Waals surface area (Å²) in [5.74, 6) is -0.754. The molecule has 1 aliphatic rings. The summed E-state index contributed by atoms with van der Waals surface area (Å²) in [6.45, 7) is 7.83. The molecule has 0 bridgehead atoms. The molecule has 0 N–H and O–H groups in total. The van der Waals surface area contributed by atoms with Gasteiger partial charge in [0.15, 0.2) is 0 Å². The minimum Gasteiger partial charge on any atom is -0.466 e. The molecule has 0 radical (unpaired) electrons. The van der Waals surface area contributed by atoms with Gasteiger partial charge >= 0.3 is 13.6 Å². The molecular weight excluding hydrogens is 349 g/mol. The Kier molecular flexibility index (Phi) is 5.46. The van der Waals surface area contributed by atoms with Crippen LogP contribution in [0.5, 0.6) is 0 Å². The number of hydrogen-bond donors (Lipinski definition) is 0. The van der Waals surface area contributed by atoms with Crippen LogP contribution >= 0.6 is 7.60 Å². The Hall–Kier alpha value is -2.02. The van der Waals surface area contributed by atoms with Crippen molar-refractivity contribution in [3.8, 4) is 0 Å². The molecule has 2 rings (SSSR count). The number of ether oxygens (including phenoxy) is 1. The van der Waals surface area contributed by atoms with E-state index < -0.39 is 24.1 Å². The maximum atomic E-state index is 13.3. The van der Waals surface area contributed by atoms with Crippen molar-refractivity contribution in [3.05, 3.63) is 52.1 Å². The highest BCUT2D eigenvalue weighted by Gasteiger charge is 2.46. The third-order valence-corrected chi connectivity index (χ3v) is 6.00. The van der Waals surface area contributed by atoms with Gasteiger partial charge < -0.3 is 13.8 Å². The van der Waals surface area contributed by atoms with Crippen molar-refractivity contribution < 1.29 is 28.1 Å². The molecule has 1 saturated heterocycles. The lowest BCUT2D eigenvalue weighted by molar-refractivity contribution is -0.384. The zero-order valence-electron chi connectivity index (χ0n) is 14.3. The van der Waals surface area contributed by atoms with Gasteiger partial charge in [0.25, 0.3) is 5.69 Å². The van der Waals surface area contributed by atoms with Crippen molar-refractivity contribution >= 4 is 19.3 Å². The van der Waals surface area contributed by atoms with Crippen molar-refractivity contribution in [2.45, 2.75) is 19.5 Å². The second kappa shape index (κ2) is 7.07. The van der Waals surface area contributed by atoms with Crippen LogP contribution in [0.4, 0.5) is 5.69 Å². The summed E-state index contributed by atoms with van der Waals surface area (Å²) >= 11 is 0. The van der Waals surface area contributed by atoms with E-state index in [1.807, 2.05) is 13.8 Å². The molecule has 0 aromatic heterocycles. The smallest absolute Gasteiger partial charge is 0.342 e. The SMILES string of the molecule is C=C(C(=O)OC)C(c1ccc([N+](=O)[O-])cc1)P1(=O)OCC(C)(C)CO1. The first-order chi connectivity index (χ1) is 11.6. The van der Waals surface area contributed by atoms with E-state index in [2.05, 4.69) is 11.3 Å². The number of nitro benzene ring substituents is 1. The molecule has 9 heteroatoms. The number of nitrogens with zero attached hydrogens (tertiary/aromatic N) is 1. The normalized spacial score (nSPS) is 19.6. The van der Waals surface area contributed by atoms with Crippen molar-refractivity contribution in [2.75, 3.05) is 20.3 Å². The van der Waals surface area contributed by atoms with Crippen LogP contribution in [0.25, 0.3) is 0 Å². The highest BCUT2D eigenvalue weighted by molar-refractivity contribution is 7.54. The van der Waals surface area contributed by atoms with Gasteiger partial charge in [0.1, 0.15) is 5.66 Å². The minimum absolute atomic E-state index is 0.0978. The Labute approximate surface area is 145 Å². The first-order valence-corrected chi connectivity index (χ1v) is 9.11. The molecule has 0 spiro atoms. The van der Waals surface area contributed by atoms with Gasteiger partial charge in [0.05, 0.1) is 25.2 Å². The fourth-order valence-electron chi connectivity index (χ4n) is 2.35. The lowest BCUT2D eigenvalue weighted by Gasteiger charge is -2.37. The number of carbonyl (C=O) groups is 1. The molecule has 1 fully saturated rings. The average Bonchev–Trinajstić information content (AvgIpc) is 2.57. The van der Waals surface area contributed by atoms with Crippen molar-refractivity contribution in [2.24, 2.45) is 5.41 Å². The number of methoxy groups -OCH3 is 1. The van der Waals surface area contributed by atoms with E-state index in [-0.39, 0.29) is 29.9 Å². The average molecular weight is 369 g/mol. The van der Waals surface area contributed by atoms with Gasteiger partial charge in [-0.1, -0.05) is 32.6 Å². The Morgan fingerprint density at radius 1 is 1.32 bits per heavy atom.